The number of hydrogen-bond acceptors (Lipinski definition) is 3. The highest BCUT2D eigenvalue weighted by atomic mass is 16.5. The first-order chi connectivity index (χ1) is 8.02. The lowest BCUT2D eigenvalue weighted by molar-refractivity contribution is -0.150. The zero-order valence-corrected chi connectivity index (χ0v) is 10.8. The van der Waals surface area contributed by atoms with Crippen LogP contribution in [0.1, 0.15) is 28.3 Å². The fraction of sp³-hybridized carbons (Fsp3) is 0.571. The Labute approximate surface area is 103 Å². The molecule has 1 unspecified atom stereocenters. The van der Waals surface area contributed by atoms with Gasteiger partial charge in [0.15, 0.2) is 0 Å². The van der Waals surface area contributed by atoms with Gasteiger partial charge in [-0.15, -0.1) is 0 Å². The molecule has 1 fully saturated rings. The molecule has 3 heteroatoms. The Morgan fingerprint density at radius 1 is 1.29 bits per heavy atom. The SMILES string of the molecule is Cc1ccc(C(N)C2(CO)COC2)c(C)c1C. The van der Waals surface area contributed by atoms with Gasteiger partial charge in [-0.3, -0.25) is 0 Å². The Morgan fingerprint density at radius 2 is 1.94 bits per heavy atom. The van der Waals surface area contributed by atoms with Crippen molar-refractivity contribution < 1.29 is 9.84 Å². The van der Waals surface area contributed by atoms with Gasteiger partial charge in [-0.2, -0.15) is 0 Å². The van der Waals surface area contributed by atoms with Crippen molar-refractivity contribution in [3.05, 3.63) is 34.4 Å². The van der Waals surface area contributed by atoms with Crippen molar-refractivity contribution in [2.45, 2.75) is 26.8 Å². The van der Waals surface area contributed by atoms with Gasteiger partial charge in [0.25, 0.3) is 0 Å². The summed E-state index contributed by atoms with van der Waals surface area (Å²) in [6, 6.07) is 4.03. The number of benzene rings is 1. The number of aliphatic hydroxyl groups is 1. The summed E-state index contributed by atoms with van der Waals surface area (Å²) in [6.07, 6.45) is 0. The van der Waals surface area contributed by atoms with Crippen LogP contribution in [0.5, 0.6) is 0 Å². The second kappa shape index (κ2) is 4.41. The molecule has 3 nitrogen and oxygen atoms in total. The molecule has 1 saturated heterocycles. The molecule has 1 aliphatic rings. The maximum atomic E-state index is 9.52. The second-order valence-electron chi connectivity index (χ2n) is 5.21. The van der Waals surface area contributed by atoms with Crippen molar-refractivity contribution in [1.82, 2.24) is 0 Å². The van der Waals surface area contributed by atoms with E-state index in [2.05, 4.69) is 32.9 Å². The van der Waals surface area contributed by atoms with Crippen LogP contribution in [0, 0.1) is 26.2 Å². The van der Waals surface area contributed by atoms with E-state index in [4.69, 9.17) is 10.5 Å². The van der Waals surface area contributed by atoms with E-state index in [1.54, 1.807) is 0 Å². The zero-order chi connectivity index (χ0) is 12.6. The van der Waals surface area contributed by atoms with Crippen molar-refractivity contribution in [2.24, 2.45) is 11.1 Å². The highest BCUT2D eigenvalue weighted by Crippen LogP contribution is 2.40. The molecule has 0 aromatic heterocycles. The number of nitrogens with two attached hydrogens (primary N) is 1. The van der Waals surface area contributed by atoms with Crippen molar-refractivity contribution in [1.29, 1.82) is 0 Å². The van der Waals surface area contributed by atoms with Crippen LogP contribution >= 0.6 is 0 Å². The molecular weight excluding hydrogens is 214 g/mol. The summed E-state index contributed by atoms with van der Waals surface area (Å²) in [6.45, 7) is 7.51. The molecule has 0 saturated carbocycles. The molecule has 0 amide bonds. The lowest BCUT2D eigenvalue weighted by Crippen LogP contribution is -2.53. The third kappa shape index (κ3) is 1.88. The van der Waals surface area contributed by atoms with Gasteiger partial charge in [0.1, 0.15) is 0 Å². The van der Waals surface area contributed by atoms with Crippen LogP contribution < -0.4 is 5.73 Å². The van der Waals surface area contributed by atoms with E-state index >= 15 is 0 Å². The number of hydrogen-bond donors (Lipinski definition) is 2. The quantitative estimate of drug-likeness (QED) is 0.837. The molecule has 1 heterocycles. The predicted octanol–water partition coefficient (Wildman–Crippen LogP) is 1.62. The van der Waals surface area contributed by atoms with Crippen LogP contribution in [0.4, 0.5) is 0 Å². The van der Waals surface area contributed by atoms with Gasteiger partial charge < -0.3 is 15.6 Å². The standard InChI is InChI=1S/C14H21NO2/c1-9-4-5-12(11(3)10(9)2)13(15)14(6-16)7-17-8-14/h4-5,13,16H,6-8,15H2,1-3H3. The summed E-state index contributed by atoms with van der Waals surface area (Å²) < 4.78 is 5.23. The summed E-state index contributed by atoms with van der Waals surface area (Å²) in [4.78, 5) is 0. The molecule has 94 valence electrons. The molecule has 3 N–H and O–H groups in total. The van der Waals surface area contributed by atoms with Gasteiger partial charge in [0.05, 0.1) is 25.2 Å². The molecule has 1 atom stereocenters. The van der Waals surface area contributed by atoms with Gasteiger partial charge in [0, 0.05) is 6.04 Å². The van der Waals surface area contributed by atoms with Gasteiger partial charge in [-0.1, -0.05) is 12.1 Å². The average Bonchev–Trinajstić information content (AvgIpc) is 2.25. The molecule has 2 rings (SSSR count). The molecule has 17 heavy (non-hydrogen) atoms. The van der Waals surface area contributed by atoms with E-state index in [1.165, 1.54) is 16.7 Å². The van der Waals surface area contributed by atoms with Crippen molar-refractivity contribution in [3.63, 3.8) is 0 Å². The summed E-state index contributed by atoms with van der Waals surface area (Å²) in [5.41, 5.74) is 11.0. The van der Waals surface area contributed by atoms with Crippen LogP contribution in [0.15, 0.2) is 12.1 Å². The number of aliphatic hydroxyl groups excluding tert-OH is 1. The maximum absolute atomic E-state index is 9.52. The molecule has 0 radical (unpaired) electrons. The van der Waals surface area contributed by atoms with E-state index in [1.807, 2.05) is 0 Å². The van der Waals surface area contributed by atoms with Crippen LogP contribution in [-0.2, 0) is 4.74 Å². The Morgan fingerprint density at radius 3 is 2.41 bits per heavy atom. The first-order valence-electron chi connectivity index (χ1n) is 6.03. The number of ether oxygens (including phenoxy) is 1. The number of rotatable bonds is 3. The second-order valence-corrected chi connectivity index (χ2v) is 5.21. The van der Waals surface area contributed by atoms with E-state index in [9.17, 15) is 5.11 Å². The van der Waals surface area contributed by atoms with Gasteiger partial charge in [-0.05, 0) is 43.0 Å². The summed E-state index contributed by atoms with van der Waals surface area (Å²) in [5, 5.41) is 9.52. The first kappa shape index (κ1) is 12.6. The molecular formula is C14H21NO2. The molecule has 1 aliphatic heterocycles. The van der Waals surface area contributed by atoms with Gasteiger partial charge >= 0.3 is 0 Å². The van der Waals surface area contributed by atoms with Crippen molar-refractivity contribution in [2.75, 3.05) is 19.8 Å². The molecule has 1 aromatic rings. The lowest BCUT2D eigenvalue weighted by atomic mass is 9.74. The van der Waals surface area contributed by atoms with Crippen LogP contribution in [-0.4, -0.2) is 24.9 Å². The summed E-state index contributed by atoms with van der Waals surface area (Å²) in [7, 11) is 0. The average molecular weight is 235 g/mol. The summed E-state index contributed by atoms with van der Waals surface area (Å²) >= 11 is 0. The normalized spacial score (nSPS) is 19.8. The van der Waals surface area contributed by atoms with Crippen LogP contribution in [0.25, 0.3) is 0 Å². The van der Waals surface area contributed by atoms with E-state index in [-0.39, 0.29) is 18.1 Å². The molecule has 0 aliphatic carbocycles. The number of aryl methyl sites for hydroxylation is 1. The minimum absolute atomic E-state index is 0.0839. The van der Waals surface area contributed by atoms with E-state index in [0.29, 0.717) is 13.2 Å². The predicted molar refractivity (Wildman–Crippen MR) is 67.9 cm³/mol. The topological polar surface area (TPSA) is 55.5 Å². The van der Waals surface area contributed by atoms with Gasteiger partial charge in [0.2, 0.25) is 0 Å². The smallest absolute Gasteiger partial charge is 0.0594 e. The van der Waals surface area contributed by atoms with Crippen molar-refractivity contribution in [3.8, 4) is 0 Å². The summed E-state index contributed by atoms with van der Waals surface area (Å²) in [5.74, 6) is 0. The third-order valence-electron chi connectivity index (χ3n) is 4.19. The zero-order valence-electron chi connectivity index (χ0n) is 10.8. The highest BCUT2D eigenvalue weighted by Gasteiger charge is 2.44. The third-order valence-corrected chi connectivity index (χ3v) is 4.19. The lowest BCUT2D eigenvalue weighted by Gasteiger charge is -2.45. The maximum Gasteiger partial charge on any atom is 0.0594 e. The highest BCUT2D eigenvalue weighted by molar-refractivity contribution is 5.41. The fourth-order valence-corrected chi connectivity index (χ4v) is 2.38. The molecule has 0 spiro atoms. The molecule has 0 bridgehead atoms. The Hall–Kier alpha value is -0.900. The minimum Gasteiger partial charge on any atom is -0.396 e. The Kier molecular flexibility index (Phi) is 3.25. The Bertz CT molecular complexity index is 419. The van der Waals surface area contributed by atoms with Crippen LogP contribution in [0.3, 0.4) is 0 Å². The Balaban J connectivity index is 2.37. The monoisotopic (exact) mass is 235 g/mol. The van der Waals surface area contributed by atoms with Crippen LogP contribution in [0.2, 0.25) is 0 Å². The largest absolute Gasteiger partial charge is 0.396 e. The van der Waals surface area contributed by atoms with E-state index in [0.717, 1.165) is 5.56 Å². The first-order valence-corrected chi connectivity index (χ1v) is 6.03. The fourth-order valence-electron chi connectivity index (χ4n) is 2.38. The minimum atomic E-state index is -0.285. The molecule has 1 aromatic carbocycles. The van der Waals surface area contributed by atoms with Crippen molar-refractivity contribution >= 4 is 0 Å². The van der Waals surface area contributed by atoms with Gasteiger partial charge in [-0.25, -0.2) is 0 Å². The van der Waals surface area contributed by atoms with E-state index < -0.39 is 0 Å².